The smallest absolute Gasteiger partial charge is 0.264 e. The molecule has 2 fully saturated rings. The van der Waals surface area contributed by atoms with E-state index in [1.54, 1.807) is 16.2 Å². The van der Waals surface area contributed by atoms with Gasteiger partial charge in [0.2, 0.25) is 0 Å². The molecule has 0 aromatic carbocycles. The van der Waals surface area contributed by atoms with Crippen molar-refractivity contribution in [1.29, 1.82) is 0 Å². The van der Waals surface area contributed by atoms with Crippen LogP contribution in [0.15, 0.2) is 6.07 Å². The van der Waals surface area contributed by atoms with Crippen molar-refractivity contribution < 1.29 is 17.9 Å². The Hall–Kier alpha value is -0.920. The van der Waals surface area contributed by atoms with Crippen molar-refractivity contribution in [2.24, 2.45) is 0 Å². The molecule has 0 bridgehead atoms. The molecule has 2 aliphatic heterocycles. The summed E-state index contributed by atoms with van der Waals surface area (Å²) >= 11 is 1.59. The zero-order valence-corrected chi connectivity index (χ0v) is 13.9. The van der Waals surface area contributed by atoms with Crippen LogP contribution in [0, 0.1) is 0 Å². The number of sulfone groups is 1. The molecular weight excluding hydrogens is 322 g/mol. The fraction of sp³-hybridized carbons (Fsp3) is 0.667. The molecular formula is C15H19NO4S2. The predicted octanol–water partition coefficient (Wildman–Crippen LogP) is 1.26. The molecule has 2 unspecified atom stereocenters. The van der Waals surface area contributed by atoms with E-state index in [0.717, 1.165) is 17.7 Å². The quantitative estimate of drug-likeness (QED) is 0.772. The molecule has 1 aromatic rings. The molecule has 120 valence electrons. The summed E-state index contributed by atoms with van der Waals surface area (Å²) in [6.45, 7) is 1.06. The Bertz CT molecular complexity index is 688. The highest BCUT2D eigenvalue weighted by molar-refractivity contribution is 7.92. The first-order valence-electron chi connectivity index (χ1n) is 7.78. The number of fused-ring (bicyclic) bond motifs is 2. The third-order valence-corrected chi connectivity index (χ3v) is 8.32. The minimum absolute atomic E-state index is 0.00574. The van der Waals surface area contributed by atoms with E-state index in [4.69, 9.17) is 4.74 Å². The molecule has 2 atom stereocenters. The first kappa shape index (κ1) is 14.7. The molecule has 5 nitrogen and oxygen atoms in total. The Morgan fingerprint density at radius 3 is 3.05 bits per heavy atom. The lowest BCUT2D eigenvalue weighted by Crippen LogP contribution is -2.60. The summed E-state index contributed by atoms with van der Waals surface area (Å²) < 4.78 is 29.8. The van der Waals surface area contributed by atoms with Crippen molar-refractivity contribution in [3.8, 4) is 0 Å². The Labute approximate surface area is 134 Å². The standard InChI is InChI=1S/C15H19NO4S2/c17-15(13-8-10-2-1-3-12(10)21-13)16-5-7-22(18,19)14-9-20-6-4-11(14)16/h8,11,14H,1-7,9H2. The average Bonchev–Trinajstić information content (AvgIpc) is 3.08. The van der Waals surface area contributed by atoms with Crippen LogP contribution in [-0.2, 0) is 27.4 Å². The second-order valence-corrected chi connectivity index (χ2v) is 9.72. The monoisotopic (exact) mass is 341 g/mol. The lowest BCUT2D eigenvalue weighted by atomic mass is 10.1. The van der Waals surface area contributed by atoms with Gasteiger partial charge in [0, 0.05) is 18.0 Å². The Kier molecular flexibility index (Phi) is 3.54. The minimum Gasteiger partial charge on any atom is -0.380 e. The van der Waals surface area contributed by atoms with E-state index < -0.39 is 15.1 Å². The maximum atomic E-state index is 12.9. The van der Waals surface area contributed by atoms with Crippen LogP contribution < -0.4 is 0 Å². The number of aryl methyl sites for hydroxylation is 2. The molecule has 22 heavy (non-hydrogen) atoms. The fourth-order valence-electron chi connectivity index (χ4n) is 3.77. The van der Waals surface area contributed by atoms with Gasteiger partial charge < -0.3 is 9.64 Å². The number of thiophene rings is 1. The first-order chi connectivity index (χ1) is 10.6. The molecule has 1 aromatic heterocycles. The van der Waals surface area contributed by atoms with Crippen LogP contribution in [0.3, 0.4) is 0 Å². The zero-order valence-electron chi connectivity index (χ0n) is 12.3. The van der Waals surface area contributed by atoms with Gasteiger partial charge in [-0.25, -0.2) is 8.42 Å². The van der Waals surface area contributed by atoms with E-state index in [0.29, 0.717) is 19.6 Å². The topological polar surface area (TPSA) is 63.7 Å². The van der Waals surface area contributed by atoms with E-state index in [-0.39, 0.29) is 24.3 Å². The fourth-order valence-corrected chi connectivity index (χ4v) is 6.80. The molecule has 0 N–H and O–H groups in total. The number of nitrogens with zero attached hydrogens (tertiary/aromatic N) is 1. The largest absolute Gasteiger partial charge is 0.380 e. The molecule has 0 radical (unpaired) electrons. The van der Waals surface area contributed by atoms with Crippen molar-refractivity contribution >= 4 is 27.1 Å². The van der Waals surface area contributed by atoms with Crippen LogP contribution in [-0.4, -0.2) is 56.0 Å². The molecule has 2 saturated heterocycles. The second kappa shape index (κ2) is 5.32. The van der Waals surface area contributed by atoms with Crippen molar-refractivity contribution in [1.82, 2.24) is 4.90 Å². The van der Waals surface area contributed by atoms with Gasteiger partial charge in [0.25, 0.3) is 5.91 Å². The molecule has 1 amide bonds. The van der Waals surface area contributed by atoms with Crippen LogP contribution in [0.2, 0.25) is 0 Å². The van der Waals surface area contributed by atoms with E-state index in [1.807, 2.05) is 6.07 Å². The maximum absolute atomic E-state index is 12.9. The summed E-state index contributed by atoms with van der Waals surface area (Å²) in [5.41, 5.74) is 1.31. The summed E-state index contributed by atoms with van der Waals surface area (Å²) in [4.78, 5) is 16.8. The van der Waals surface area contributed by atoms with Crippen molar-refractivity contribution in [3.05, 3.63) is 21.4 Å². The highest BCUT2D eigenvalue weighted by Gasteiger charge is 2.45. The average molecular weight is 341 g/mol. The van der Waals surface area contributed by atoms with Crippen LogP contribution in [0.1, 0.15) is 33.0 Å². The third-order valence-electron chi connectivity index (χ3n) is 4.97. The summed E-state index contributed by atoms with van der Waals surface area (Å²) in [7, 11) is -3.14. The number of ether oxygens (including phenoxy) is 1. The SMILES string of the molecule is O=C(c1cc2c(s1)CCC2)N1CCS(=O)(=O)C2COCCC21. The summed E-state index contributed by atoms with van der Waals surface area (Å²) in [6, 6.07) is 1.80. The highest BCUT2D eigenvalue weighted by atomic mass is 32.2. The molecule has 0 spiro atoms. The lowest BCUT2D eigenvalue weighted by Gasteiger charge is -2.43. The highest BCUT2D eigenvalue weighted by Crippen LogP contribution is 2.33. The Morgan fingerprint density at radius 2 is 2.23 bits per heavy atom. The second-order valence-electron chi connectivity index (χ2n) is 6.25. The Balaban J connectivity index is 1.62. The maximum Gasteiger partial charge on any atom is 0.264 e. The van der Waals surface area contributed by atoms with Gasteiger partial charge in [0.15, 0.2) is 9.84 Å². The summed E-state index contributed by atoms with van der Waals surface area (Å²) in [5.74, 6) is 0.0557. The van der Waals surface area contributed by atoms with Crippen LogP contribution in [0.4, 0.5) is 0 Å². The van der Waals surface area contributed by atoms with E-state index >= 15 is 0 Å². The van der Waals surface area contributed by atoms with Crippen molar-refractivity contribution in [2.75, 3.05) is 25.5 Å². The van der Waals surface area contributed by atoms with Gasteiger partial charge >= 0.3 is 0 Å². The summed E-state index contributed by atoms with van der Waals surface area (Å²) in [5, 5.41) is -0.550. The van der Waals surface area contributed by atoms with Gasteiger partial charge in [-0.05, 0) is 37.3 Å². The number of hydrogen-bond acceptors (Lipinski definition) is 5. The number of carbonyl (C=O) groups excluding carboxylic acids is 1. The van der Waals surface area contributed by atoms with Gasteiger partial charge in [-0.1, -0.05) is 0 Å². The number of amides is 1. The van der Waals surface area contributed by atoms with Crippen LogP contribution in [0.25, 0.3) is 0 Å². The Morgan fingerprint density at radius 1 is 1.36 bits per heavy atom. The lowest BCUT2D eigenvalue weighted by molar-refractivity contribution is 0.0297. The van der Waals surface area contributed by atoms with Gasteiger partial charge in [-0.2, -0.15) is 0 Å². The molecule has 0 saturated carbocycles. The van der Waals surface area contributed by atoms with Gasteiger partial charge in [-0.15, -0.1) is 11.3 Å². The molecule has 1 aliphatic carbocycles. The van der Waals surface area contributed by atoms with Crippen LogP contribution in [0.5, 0.6) is 0 Å². The number of hydrogen-bond donors (Lipinski definition) is 0. The van der Waals surface area contributed by atoms with Crippen LogP contribution >= 0.6 is 11.3 Å². The molecule has 3 heterocycles. The van der Waals surface area contributed by atoms with Gasteiger partial charge in [-0.3, -0.25) is 4.79 Å². The summed E-state index contributed by atoms with van der Waals surface area (Å²) in [6.07, 6.45) is 3.93. The van der Waals surface area contributed by atoms with Gasteiger partial charge in [0.05, 0.1) is 23.3 Å². The molecule has 7 heteroatoms. The first-order valence-corrected chi connectivity index (χ1v) is 10.3. The third kappa shape index (κ3) is 2.30. The van der Waals surface area contributed by atoms with E-state index in [9.17, 15) is 13.2 Å². The molecule has 3 aliphatic rings. The predicted molar refractivity (Wildman–Crippen MR) is 84.2 cm³/mol. The minimum atomic E-state index is -3.14. The van der Waals surface area contributed by atoms with E-state index in [1.165, 1.54) is 16.9 Å². The van der Waals surface area contributed by atoms with Gasteiger partial charge in [0.1, 0.15) is 5.25 Å². The van der Waals surface area contributed by atoms with Crippen molar-refractivity contribution in [3.63, 3.8) is 0 Å². The normalized spacial score (nSPS) is 29.9. The number of carbonyl (C=O) groups is 1. The van der Waals surface area contributed by atoms with Crippen molar-refractivity contribution in [2.45, 2.75) is 37.0 Å². The molecule has 4 rings (SSSR count). The van der Waals surface area contributed by atoms with E-state index in [2.05, 4.69) is 0 Å². The zero-order chi connectivity index (χ0) is 15.3. The number of rotatable bonds is 1.